The third-order valence-corrected chi connectivity index (χ3v) is 9.48. The minimum atomic E-state index is -1.13. The van der Waals surface area contributed by atoms with Crippen LogP contribution in [0.2, 0.25) is 25.7 Å². The number of carbonyl (C=O) groups excluding carboxylic acids is 1. The van der Waals surface area contributed by atoms with Gasteiger partial charge in [-0.05, 0) is 50.5 Å². The zero-order valence-corrected chi connectivity index (χ0v) is 23.4. The number of aryl methyl sites for hydroxylation is 1. The van der Waals surface area contributed by atoms with Crippen LogP contribution in [0, 0.1) is 12.3 Å². The fraction of sp³-hybridized carbons (Fsp3) is 0.692. The number of hydrogen-bond donors (Lipinski definition) is 3. The topological polar surface area (TPSA) is 114 Å². The molecule has 2 fully saturated rings. The summed E-state index contributed by atoms with van der Waals surface area (Å²) in [4.78, 5) is 22.6. The van der Waals surface area contributed by atoms with Gasteiger partial charge in [0.25, 0.3) is 0 Å². The molecule has 10 heteroatoms. The number of nitrogens with one attached hydrogen (secondary N) is 2. The third kappa shape index (κ3) is 5.08. The first-order valence-electron chi connectivity index (χ1n) is 13.2. The first-order valence-corrected chi connectivity index (χ1v) is 16.9. The fourth-order valence-electron chi connectivity index (χ4n) is 5.79. The second kappa shape index (κ2) is 8.92. The summed E-state index contributed by atoms with van der Waals surface area (Å²) in [5.41, 5.74) is 3.02. The molecule has 36 heavy (non-hydrogen) atoms. The highest BCUT2D eigenvalue weighted by atomic mass is 28.3. The minimum Gasteiger partial charge on any atom is -0.393 e. The Morgan fingerprint density at radius 3 is 2.67 bits per heavy atom. The summed E-state index contributed by atoms with van der Waals surface area (Å²) < 4.78 is 7.64. The van der Waals surface area contributed by atoms with Crippen LogP contribution in [0.15, 0.2) is 6.20 Å². The van der Waals surface area contributed by atoms with Crippen LogP contribution >= 0.6 is 0 Å². The van der Waals surface area contributed by atoms with Crippen molar-refractivity contribution < 1.29 is 14.6 Å². The monoisotopic (exact) mass is 512 g/mol. The summed E-state index contributed by atoms with van der Waals surface area (Å²) in [5.74, 6) is 1.17. The van der Waals surface area contributed by atoms with E-state index in [-0.39, 0.29) is 23.3 Å². The maximum absolute atomic E-state index is 12.9. The maximum Gasteiger partial charge on any atom is 0.236 e. The molecule has 9 nitrogen and oxygen atoms in total. The maximum atomic E-state index is 12.9. The predicted octanol–water partition coefficient (Wildman–Crippen LogP) is 4.68. The minimum absolute atomic E-state index is 0.00766. The molecule has 0 saturated heterocycles. The summed E-state index contributed by atoms with van der Waals surface area (Å²) in [5, 5.41) is 21.6. The molecule has 0 bridgehead atoms. The largest absolute Gasteiger partial charge is 0.393 e. The number of ether oxygens (including phenoxy) is 1. The highest BCUT2D eigenvalue weighted by Gasteiger charge is 2.59. The summed E-state index contributed by atoms with van der Waals surface area (Å²) >= 11 is 0. The van der Waals surface area contributed by atoms with E-state index >= 15 is 0 Å². The van der Waals surface area contributed by atoms with Gasteiger partial charge in [-0.25, -0.2) is 9.67 Å². The Balaban J connectivity index is 1.40. The van der Waals surface area contributed by atoms with Crippen molar-refractivity contribution in [2.75, 3.05) is 17.2 Å². The third-order valence-electron chi connectivity index (χ3n) is 7.78. The van der Waals surface area contributed by atoms with Gasteiger partial charge in [0.05, 0.1) is 34.8 Å². The van der Waals surface area contributed by atoms with Crippen LogP contribution in [-0.2, 0) is 21.7 Å². The van der Waals surface area contributed by atoms with Gasteiger partial charge in [-0.2, -0.15) is 10.1 Å². The molecule has 5 rings (SSSR count). The van der Waals surface area contributed by atoms with Crippen molar-refractivity contribution in [1.29, 1.82) is 0 Å². The SMILES string of the molecule is Cc1nn(COCC[Si](C)(C)C)cc1Nc1nc2c(c([C@H]3C[C@@H](O)CC(C)(C)C3)n1)C1(CC1)C(=O)N2. The van der Waals surface area contributed by atoms with Crippen molar-refractivity contribution in [2.45, 2.75) is 103 Å². The van der Waals surface area contributed by atoms with Gasteiger partial charge in [0.15, 0.2) is 0 Å². The number of hydrogen-bond acceptors (Lipinski definition) is 7. The highest BCUT2D eigenvalue weighted by molar-refractivity contribution is 6.76. The summed E-state index contributed by atoms with van der Waals surface area (Å²) in [6.45, 7) is 14.5. The van der Waals surface area contributed by atoms with E-state index in [1.54, 1.807) is 4.68 Å². The lowest BCUT2D eigenvalue weighted by Gasteiger charge is -2.38. The van der Waals surface area contributed by atoms with E-state index in [2.05, 4.69) is 49.2 Å². The Labute approximate surface area is 214 Å². The van der Waals surface area contributed by atoms with E-state index in [1.807, 2.05) is 13.1 Å². The van der Waals surface area contributed by atoms with Crippen LogP contribution in [0.3, 0.4) is 0 Å². The molecule has 196 valence electrons. The number of carbonyl (C=O) groups is 1. The Morgan fingerprint density at radius 1 is 1.25 bits per heavy atom. The molecule has 0 aromatic carbocycles. The van der Waals surface area contributed by atoms with Gasteiger partial charge in [0.2, 0.25) is 11.9 Å². The zero-order valence-electron chi connectivity index (χ0n) is 22.4. The van der Waals surface area contributed by atoms with Crippen LogP contribution < -0.4 is 10.6 Å². The van der Waals surface area contributed by atoms with E-state index in [1.165, 1.54) is 0 Å². The average Bonchev–Trinajstić information content (AvgIpc) is 3.41. The molecule has 1 amide bonds. The quantitative estimate of drug-likeness (QED) is 0.348. The molecule has 2 atom stereocenters. The van der Waals surface area contributed by atoms with Crippen LogP contribution in [0.1, 0.15) is 68.8 Å². The zero-order chi connectivity index (χ0) is 25.9. The molecule has 2 aromatic rings. The van der Waals surface area contributed by atoms with Crippen LogP contribution in [-0.4, -0.2) is 51.5 Å². The van der Waals surface area contributed by atoms with Crippen molar-refractivity contribution in [2.24, 2.45) is 5.41 Å². The van der Waals surface area contributed by atoms with Gasteiger partial charge in [0, 0.05) is 26.2 Å². The number of aliphatic hydroxyl groups excluding tert-OH is 1. The lowest BCUT2D eigenvalue weighted by molar-refractivity contribution is -0.117. The Kier molecular flexibility index (Phi) is 6.28. The summed E-state index contributed by atoms with van der Waals surface area (Å²) in [7, 11) is -1.13. The standard InChI is InChI=1S/C26H40N6O3Si/c1-16-19(14-32(31-16)15-35-9-10-36(4,5)6)27-24-28-21(17-11-18(33)13-25(2,3)12-17)20-22(30-24)29-23(34)26(20)7-8-26/h14,17-18,33H,7-13,15H2,1-6H3,(H2,27,28,29,30,34)/t17-,18+/m0/s1. The van der Waals surface area contributed by atoms with Crippen LogP contribution in [0.4, 0.5) is 17.5 Å². The van der Waals surface area contributed by atoms with Crippen LogP contribution in [0.25, 0.3) is 0 Å². The Hall–Kier alpha value is -2.30. The van der Waals surface area contributed by atoms with Gasteiger partial charge >= 0.3 is 0 Å². The smallest absolute Gasteiger partial charge is 0.236 e. The van der Waals surface area contributed by atoms with Crippen molar-refractivity contribution in [3.05, 3.63) is 23.1 Å². The summed E-state index contributed by atoms with van der Waals surface area (Å²) in [6, 6.07) is 1.12. The molecular weight excluding hydrogens is 472 g/mol. The molecule has 3 heterocycles. The molecule has 2 aromatic heterocycles. The molecule has 0 unspecified atom stereocenters. The van der Waals surface area contributed by atoms with Gasteiger partial charge in [-0.1, -0.05) is 33.5 Å². The number of aromatic nitrogens is 4. The lowest BCUT2D eigenvalue weighted by Crippen LogP contribution is -2.32. The molecule has 1 aliphatic heterocycles. The van der Waals surface area contributed by atoms with Crippen molar-refractivity contribution >= 4 is 31.4 Å². The molecule has 3 N–H and O–H groups in total. The first kappa shape index (κ1) is 25.4. The van der Waals surface area contributed by atoms with Gasteiger partial charge < -0.3 is 20.5 Å². The number of amides is 1. The molecular formula is C26H40N6O3Si. The van der Waals surface area contributed by atoms with E-state index < -0.39 is 13.5 Å². The van der Waals surface area contributed by atoms with E-state index in [0.29, 0.717) is 24.9 Å². The van der Waals surface area contributed by atoms with Gasteiger partial charge in [0.1, 0.15) is 12.5 Å². The highest BCUT2D eigenvalue weighted by Crippen LogP contribution is 2.58. The normalized spacial score (nSPS) is 24.0. The number of fused-ring (bicyclic) bond motifs is 2. The molecule has 2 aliphatic carbocycles. The number of anilines is 3. The predicted molar refractivity (Wildman–Crippen MR) is 142 cm³/mol. The second-order valence-electron chi connectivity index (χ2n) is 13.0. The lowest BCUT2D eigenvalue weighted by atomic mass is 9.69. The van der Waals surface area contributed by atoms with Crippen molar-refractivity contribution in [1.82, 2.24) is 19.7 Å². The molecule has 1 spiro atoms. The summed E-state index contributed by atoms with van der Waals surface area (Å²) in [6.07, 6.45) is 5.55. The first-order chi connectivity index (χ1) is 16.9. The Bertz CT molecular complexity index is 1170. The van der Waals surface area contributed by atoms with Crippen LogP contribution in [0.5, 0.6) is 0 Å². The molecule has 3 aliphatic rings. The molecule has 2 saturated carbocycles. The second-order valence-corrected chi connectivity index (χ2v) is 18.6. The van der Waals surface area contributed by atoms with Gasteiger partial charge in [-0.3, -0.25) is 4.79 Å². The number of rotatable bonds is 8. The van der Waals surface area contributed by atoms with Crippen molar-refractivity contribution in [3.8, 4) is 0 Å². The number of nitrogens with zero attached hydrogens (tertiary/aromatic N) is 4. The van der Waals surface area contributed by atoms with Gasteiger partial charge in [-0.15, -0.1) is 0 Å². The average molecular weight is 513 g/mol. The molecule has 0 radical (unpaired) electrons. The van der Waals surface area contributed by atoms with E-state index in [0.717, 1.165) is 61.0 Å². The Morgan fingerprint density at radius 2 is 2.00 bits per heavy atom. The van der Waals surface area contributed by atoms with Crippen molar-refractivity contribution in [3.63, 3.8) is 0 Å². The van der Waals surface area contributed by atoms with E-state index in [4.69, 9.17) is 14.7 Å². The van der Waals surface area contributed by atoms with E-state index in [9.17, 15) is 9.90 Å². The fourth-order valence-corrected chi connectivity index (χ4v) is 6.55. The number of aliphatic hydroxyl groups is 1.